The highest BCUT2D eigenvalue weighted by atomic mass is 28.3. The number of aromatic amines is 2. The van der Waals surface area contributed by atoms with Gasteiger partial charge in [0.05, 0.1) is 28.3 Å². The van der Waals surface area contributed by atoms with Crippen molar-refractivity contribution in [2.24, 2.45) is 0 Å². The van der Waals surface area contributed by atoms with Crippen molar-refractivity contribution >= 4 is 54.4 Å². The van der Waals surface area contributed by atoms with Crippen LogP contribution in [-0.2, 0) is 28.1 Å². The number of aromatic nitrogens is 4. The van der Waals surface area contributed by atoms with Gasteiger partial charge in [0.1, 0.15) is 8.07 Å². The minimum Gasteiger partial charge on any atom is -0.355 e. The molecule has 7 rings (SSSR count). The molecule has 5 heteroatoms. The summed E-state index contributed by atoms with van der Waals surface area (Å²) in [6.45, 7) is 36.8. The van der Waals surface area contributed by atoms with Gasteiger partial charge in [-0.05, 0) is 122 Å². The minimum absolute atomic E-state index is 0.0421. The van der Waals surface area contributed by atoms with Crippen LogP contribution >= 0.6 is 0 Å². The van der Waals surface area contributed by atoms with Gasteiger partial charge in [0, 0.05) is 33.2 Å². The molecule has 2 aliphatic heterocycles. The molecular formula is C57H70N4Si. The molecule has 0 amide bonds. The summed E-state index contributed by atoms with van der Waals surface area (Å²) in [6, 6.07) is 23.4. The van der Waals surface area contributed by atoms with E-state index in [0.29, 0.717) is 0 Å². The van der Waals surface area contributed by atoms with Gasteiger partial charge in [0.25, 0.3) is 0 Å². The van der Waals surface area contributed by atoms with Crippen LogP contribution in [0.5, 0.6) is 0 Å². The molecule has 0 aliphatic carbocycles. The molecule has 2 N–H and O–H groups in total. The average molecular weight is 839 g/mol. The third-order valence-electron chi connectivity index (χ3n) is 12.1. The van der Waals surface area contributed by atoms with Crippen molar-refractivity contribution in [2.75, 3.05) is 0 Å². The topological polar surface area (TPSA) is 57.4 Å². The Bertz CT molecular complexity index is 2610. The van der Waals surface area contributed by atoms with Crippen molar-refractivity contribution in [3.63, 3.8) is 0 Å². The van der Waals surface area contributed by atoms with Crippen LogP contribution in [0.15, 0.2) is 60.7 Å². The summed E-state index contributed by atoms with van der Waals surface area (Å²) < 4.78 is 0. The van der Waals surface area contributed by atoms with Gasteiger partial charge in [-0.3, -0.25) is 0 Å². The molecule has 322 valence electrons. The first kappa shape index (κ1) is 44.9. The van der Waals surface area contributed by atoms with E-state index >= 15 is 0 Å². The Morgan fingerprint density at radius 1 is 0.500 bits per heavy atom. The van der Waals surface area contributed by atoms with Gasteiger partial charge >= 0.3 is 0 Å². The van der Waals surface area contributed by atoms with E-state index in [1.807, 2.05) is 0 Å². The highest BCUT2D eigenvalue weighted by molar-refractivity contribution is 6.83. The Kier molecular flexibility index (Phi) is 11.7. The van der Waals surface area contributed by atoms with Crippen LogP contribution in [0.25, 0.3) is 68.6 Å². The molecule has 0 atom stereocenters. The van der Waals surface area contributed by atoms with Crippen LogP contribution in [0.3, 0.4) is 0 Å². The number of hydrogen-bond donors (Lipinski definition) is 2. The summed E-state index contributed by atoms with van der Waals surface area (Å²) in [5, 5.41) is 0. The normalized spacial score (nSPS) is 13.4. The highest BCUT2D eigenvalue weighted by Gasteiger charge is 2.26. The zero-order valence-corrected chi connectivity index (χ0v) is 41.6. The van der Waals surface area contributed by atoms with Crippen molar-refractivity contribution in [3.8, 4) is 33.7 Å². The Balaban J connectivity index is 1.69. The fourth-order valence-corrected chi connectivity index (χ4v) is 8.65. The molecule has 0 saturated heterocycles. The van der Waals surface area contributed by atoms with Crippen molar-refractivity contribution in [1.29, 1.82) is 0 Å². The molecule has 62 heavy (non-hydrogen) atoms. The van der Waals surface area contributed by atoms with Crippen molar-refractivity contribution in [3.05, 3.63) is 117 Å². The maximum atomic E-state index is 5.52. The predicted molar refractivity (Wildman–Crippen MR) is 273 cm³/mol. The summed E-state index contributed by atoms with van der Waals surface area (Å²) >= 11 is 0. The third-order valence-corrected chi connectivity index (χ3v) is 13.0. The van der Waals surface area contributed by atoms with Crippen LogP contribution in [0, 0.1) is 11.5 Å². The van der Waals surface area contributed by atoms with Crippen LogP contribution in [0.4, 0.5) is 0 Å². The summed E-state index contributed by atoms with van der Waals surface area (Å²) in [5.41, 5.74) is 23.3. The quantitative estimate of drug-likeness (QED) is 0.134. The lowest BCUT2D eigenvalue weighted by molar-refractivity contribution is 0.568. The van der Waals surface area contributed by atoms with Gasteiger partial charge in [-0.1, -0.05) is 158 Å². The minimum atomic E-state index is -1.78. The molecule has 8 bridgehead atoms. The van der Waals surface area contributed by atoms with Gasteiger partial charge < -0.3 is 9.97 Å². The Hall–Kier alpha value is -5.18. The van der Waals surface area contributed by atoms with Gasteiger partial charge in [-0.25, -0.2) is 9.97 Å². The standard InChI is InChI=1S/C57H70N4Si/c1-17-18-19-42-44-20-24-48(58-44)52(36-30-38(54(2,3)4)34-39(31-36)55(5,6)7)50-26-22-46(60-50)43(28-29-62(14,15)16)47-23-27-51(61-47)53(49-25-21-45(42)59-49)37-32-40(56(8,9)10)35-41(33-37)57(11,12)13/h20-27,30-35,58-59H,17-19H2,1-16H3. The molecule has 2 aromatic carbocycles. The van der Waals surface area contributed by atoms with Crippen LogP contribution < -0.4 is 0 Å². The maximum Gasteiger partial charge on any atom is 0.129 e. The molecule has 0 saturated carbocycles. The second-order valence-electron chi connectivity index (χ2n) is 22.8. The molecule has 0 fully saturated rings. The summed E-state index contributed by atoms with van der Waals surface area (Å²) in [5.74, 6) is 3.67. The molecule has 2 aliphatic rings. The van der Waals surface area contributed by atoms with E-state index in [9.17, 15) is 0 Å². The largest absolute Gasteiger partial charge is 0.355 e. The fourth-order valence-electron chi connectivity index (χ4n) is 8.15. The van der Waals surface area contributed by atoms with E-state index in [0.717, 1.165) is 91.9 Å². The molecule has 5 aromatic rings. The number of nitrogens with zero attached hydrogens (tertiary/aromatic N) is 2. The van der Waals surface area contributed by atoms with E-state index in [1.54, 1.807) is 0 Å². The number of nitrogens with one attached hydrogen (secondary N) is 2. The van der Waals surface area contributed by atoms with E-state index in [2.05, 4.69) is 216 Å². The lowest BCUT2D eigenvalue weighted by atomic mass is 9.78. The first-order chi connectivity index (χ1) is 28.8. The number of benzene rings is 2. The van der Waals surface area contributed by atoms with E-state index in [4.69, 9.17) is 9.97 Å². The SMILES string of the molecule is CCCCc1c2ccc([nH]2)c(-c2cc(C(C)(C)C)cc(C(C)(C)C)c2)c2nc(c(C#C[Si](C)(C)C)c3nc(c(-c4cc(C(C)(C)C)cc(C(C)(C)C)c4)c4ccc1[nH]4)C=C3)C=C2. The molecule has 5 heterocycles. The first-order valence-electron chi connectivity index (χ1n) is 22.8. The van der Waals surface area contributed by atoms with Crippen LogP contribution in [-0.4, -0.2) is 28.0 Å². The van der Waals surface area contributed by atoms with E-state index < -0.39 is 8.07 Å². The molecule has 0 radical (unpaired) electrons. The van der Waals surface area contributed by atoms with Crippen molar-refractivity contribution in [1.82, 2.24) is 19.9 Å². The number of aryl methyl sites for hydroxylation is 1. The van der Waals surface area contributed by atoms with Gasteiger partial charge in [0.15, 0.2) is 0 Å². The molecule has 4 nitrogen and oxygen atoms in total. The number of H-pyrrole nitrogens is 2. The predicted octanol–water partition coefficient (Wildman–Crippen LogP) is 15.8. The summed E-state index contributed by atoms with van der Waals surface area (Å²) in [6.07, 6.45) is 11.8. The van der Waals surface area contributed by atoms with Crippen LogP contribution in [0.1, 0.15) is 159 Å². The Morgan fingerprint density at radius 2 is 0.855 bits per heavy atom. The average Bonchev–Trinajstić information content (AvgIpc) is 4.00. The molecular weight excluding hydrogens is 769 g/mol. The van der Waals surface area contributed by atoms with Crippen molar-refractivity contribution in [2.45, 2.75) is 151 Å². The lowest BCUT2D eigenvalue weighted by Gasteiger charge is -2.26. The maximum absolute atomic E-state index is 5.52. The lowest BCUT2D eigenvalue weighted by Crippen LogP contribution is -2.16. The number of rotatable bonds is 5. The Morgan fingerprint density at radius 3 is 1.19 bits per heavy atom. The zero-order chi connectivity index (χ0) is 45.2. The molecule has 3 aromatic heterocycles. The monoisotopic (exact) mass is 839 g/mol. The van der Waals surface area contributed by atoms with Gasteiger partial charge in [0.2, 0.25) is 0 Å². The molecule has 0 spiro atoms. The fraction of sp³-hybridized carbons (Fsp3) is 0.404. The Labute approximate surface area is 373 Å². The number of fused-ring (bicyclic) bond motifs is 8. The second-order valence-corrected chi connectivity index (χ2v) is 27.6. The zero-order valence-electron chi connectivity index (χ0n) is 40.6. The smallest absolute Gasteiger partial charge is 0.129 e. The van der Waals surface area contributed by atoms with E-state index in [-0.39, 0.29) is 21.7 Å². The van der Waals surface area contributed by atoms with Crippen LogP contribution in [0.2, 0.25) is 19.6 Å². The first-order valence-corrected chi connectivity index (χ1v) is 26.3. The number of unbranched alkanes of at least 4 members (excludes halogenated alkanes) is 1. The summed E-state index contributed by atoms with van der Waals surface area (Å²) in [7, 11) is -1.78. The van der Waals surface area contributed by atoms with Crippen molar-refractivity contribution < 1.29 is 0 Å². The number of hydrogen-bond acceptors (Lipinski definition) is 2. The highest BCUT2D eigenvalue weighted by Crippen LogP contribution is 2.40. The van der Waals surface area contributed by atoms with Gasteiger partial charge in [-0.2, -0.15) is 0 Å². The third kappa shape index (κ3) is 9.57. The van der Waals surface area contributed by atoms with Gasteiger partial charge in [-0.15, -0.1) is 5.54 Å². The summed E-state index contributed by atoms with van der Waals surface area (Å²) in [4.78, 5) is 19.0. The molecule has 0 unspecified atom stereocenters. The second kappa shape index (κ2) is 16.2. The van der Waals surface area contributed by atoms with E-state index in [1.165, 1.54) is 27.8 Å².